The molecule has 1 aromatic carbocycles. The second kappa shape index (κ2) is 12.4. The smallest absolute Gasteiger partial charge is 0.193 e. The molecule has 1 heterocycles. The molecule has 1 aliphatic heterocycles. The van der Waals surface area contributed by atoms with Crippen molar-refractivity contribution in [1.82, 2.24) is 10.2 Å². The Morgan fingerprint density at radius 3 is 2.76 bits per heavy atom. The first-order valence-corrected chi connectivity index (χ1v) is 9.11. The standard InChI is InChI=1S/C19H31N3O2.HI/c1-3-20-19(22-13-11-17(14-22)15-24-4-2)21-12-5-6-16-7-9-18(23)10-8-16;/h7-10,17,23H,3-6,11-15H2,1-2H3,(H,20,21);1H. The van der Waals surface area contributed by atoms with E-state index in [9.17, 15) is 5.11 Å². The topological polar surface area (TPSA) is 57.1 Å². The summed E-state index contributed by atoms with van der Waals surface area (Å²) in [6, 6.07) is 7.43. The summed E-state index contributed by atoms with van der Waals surface area (Å²) in [5.74, 6) is 1.97. The van der Waals surface area contributed by atoms with Gasteiger partial charge >= 0.3 is 0 Å². The molecule has 0 bridgehead atoms. The fourth-order valence-electron chi connectivity index (χ4n) is 3.00. The summed E-state index contributed by atoms with van der Waals surface area (Å²) in [5.41, 5.74) is 1.24. The van der Waals surface area contributed by atoms with Crippen molar-refractivity contribution in [3.05, 3.63) is 29.8 Å². The molecule has 25 heavy (non-hydrogen) atoms. The average molecular weight is 461 g/mol. The van der Waals surface area contributed by atoms with Gasteiger partial charge in [0, 0.05) is 38.7 Å². The molecule has 5 nitrogen and oxygen atoms in total. The van der Waals surface area contributed by atoms with E-state index in [-0.39, 0.29) is 24.0 Å². The van der Waals surface area contributed by atoms with E-state index in [4.69, 9.17) is 9.73 Å². The van der Waals surface area contributed by atoms with Crippen LogP contribution in [0.25, 0.3) is 0 Å². The first kappa shape index (κ1) is 22.0. The molecule has 1 aromatic rings. The normalized spacial score (nSPS) is 17.4. The third kappa shape index (κ3) is 7.81. The highest BCUT2D eigenvalue weighted by Gasteiger charge is 2.24. The van der Waals surface area contributed by atoms with E-state index in [1.165, 1.54) is 12.0 Å². The molecule has 0 saturated carbocycles. The molecule has 0 radical (unpaired) electrons. The summed E-state index contributed by atoms with van der Waals surface area (Å²) in [4.78, 5) is 7.14. The van der Waals surface area contributed by atoms with Gasteiger partial charge in [0.1, 0.15) is 5.75 Å². The molecule has 1 saturated heterocycles. The number of nitrogens with one attached hydrogen (secondary N) is 1. The zero-order valence-corrected chi connectivity index (χ0v) is 17.7. The van der Waals surface area contributed by atoms with Crippen LogP contribution in [0, 0.1) is 5.92 Å². The molecule has 2 N–H and O–H groups in total. The molecular weight excluding hydrogens is 429 g/mol. The Bertz CT molecular complexity index is 508. The molecule has 1 atom stereocenters. The Balaban J connectivity index is 0.00000312. The lowest BCUT2D eigenvalue weighted by Gasteiger charge is -2.21. The van der Waals surface area contributed by atoms with Crippen LogP contribution in [0.5, 0.6) is 5.75 Å². The molecule has 2 rings (SSSR count). The second-order valence-electron chi connectivity index (χ2n) is 6.27. The summed E-state index contributed by atoms with van der Waals surface area (Å²) < 4.78 is 5.56. The first-order valence-electron chi connectivity index (χ1n) is 9.11. The van der Waals surface area contributed by atoms with E-state index in [2.05, 4.69) is 17.1 Å². The number of hydrogen-bond donors (Lipinski definition) is 2. The van der Waals surface area contributed by atoms with Gasteiger partial charge in [-0.1, -0.05) is 12.1 Å². The molecule has 0 aliphatic carbocycles. The highest BCUT2D eigenvalue weighted by molar-refractivity contribution is 14.0. The lowest BCUT2D eigenvalue weighted by molar-refractivity contribution is 0.114. The van der Waals surface area contributed by atoms with Crippen molar-refractivity contribution in [3.63, 3.8) is 0 Å². The number of guanidine groups is 1. The first-order chi connectivity index (χ1) is 11.7. The van der Waals surface area contributed by atoms with Crippen LogP contribution < -0.4 is 5.32 Å². The quantitative estimate of drug-likeness (QED) is 0.270. The van der Waals surface area contributed by atoms with Crippen LogP contribution in [0.4, 0.5) is 0 Å². The minimum absolute atomic E-state index is 0. The lowest BCUT2D eigenvalue weighted by Crippen LogP contribution is -2.40. The fraction of sp³-hybridized carbons (Fsp3) is 0.632. The Labute approximate surface area is 168 Å². The van der Waals surface area contributed by atoms with Crippen LogP contribution in [0.1, 0.15) is 32.3 Å². The van der Waals surface area contributed by atoms with Crippen LogP contribution in [-0.2, 0) is 11.2 Å². The van der Waals surface area contributed by atoms with E-state index < -0.39 is 0 Å². The highest BCUT2D eigenvalue weighted by atomic mass is 127. The Hall–Kier alpha value is -1.02. The Morgan fingerprint density at radius 2 is 2.08 bits per heavy atom. The highest BCUT2D eigenvalue weighted by Crippen LogP contribution is 2.17. The van der Waals surface area contributed by atoms with Gasteiger partial charge in [-0.2, -0.15) is 0 Å². The van der Waals surface area contributed by atoms with E-state index in [0.717, 1.165) is 58.2 Å². The third-order valence-corrected chi connectivity index (χ3v) is 4.30. The van der Waals surface area contributed by atoms with E-state index in [1.54, 1.807) is 12.1 Å². The number of likely N-dealkylation sites (tertiary alicyclic amines) is 1. The number of aliphatic imine (C=N–C) groups is 1. The van der Waals surface area contributed by atoms with Crippen LogP contribution in [0.2, 0.25) is 0 Å². The fourth-order valence-corrected chi connectivity index (χ4v) is 3.00. The van der Waals surface area contributed by atoms with Crippen molar-refractivity contribution in [2.45, 2.75) is 33.1 Å². The Kier molecular flexibility index (Phi) is 10.9. The second-order valence-corrected chi connectivity index (χ2v) is 6.27. The van der Waals surface area contributed by atoms with Gasteiger partial charge in [-0.25, -0.2) is 0 Å². The zero-order valence-electron chi connectivity index (χ0n) is 15.4. The van der Waals surface area contributed by atoms with Crippen molar-refractivity contribution in [1.29, 1.82) is 0 Å². The van der Waals surface area contributed by atoms with Gasteiger partial charge in [0.05, 0.1) is 6.61 Å². The van der Waals surface area contributed by atoms with Crippen molar-refractivity contribution in [2.75, 3.05) is 39.4 Å². The summed E-state index contributed by atoms with van der Waals surface area (Å²) in [6.07, 6.45) is 3.17. The molecule has 1 unspecified atom stereocenters. The van der Waals surface area contributed by atoms with Crippen molar-refractivity contribution in [3.8, 4) is 5.75 Å². The minimum Gasteiger partial charge on any atom is -0.508 e. The number of benzene rings is 1. The van der Waals surface area contributed by atoms with Gasteiger partial charge in [0.2, 0.25) is 0 Å². The maximum Gasteiger partial charge on any atom is 0.193 e. The van der Waals surface area contributed by atoms with Gasteiger partial charge in [-0.05, 0) is 50.8 Å². The number of aryl methyl sites for hydroxylation is 1. The van der Waals surface area contributed by atoms with Gasteiger partial charge in [-0.3, -0.25) is 4.99 Å². The molecule has 0 aromatic heterocycles. The monoisotopic (exact) mass is 461 g/mol. The lowest BCUT2D eigenvalue weighted by atomic mass is 10.1. The van der Waals surface area contributed by atoms with Gasteiger partial charge in [-0.15, -0.1) is 24.0 Å². The van der Waals surface area contributed by atoms with Crippen molar-refractivity contribution in [2.24, 2.45) is 10.9 Å². The summed E-state index contributed by atoms with van der Waals surface area (Å²) in [7, 11) is 0. The van der Waals surface area contributed by atoms with Crippen molar-refractivity contribution >= 4 is 29.9 Å². The van der Waals surface area contributed by atoms with Crippen LogP contribution in [0.15, 0.2) is 29.3 Å². The molecule has 1 aliphatic rings. The molecule has 142 valence electrons. The number of phenols is 1. The van der Waals surface area contributed by atoms with Gasteiger partial charge < -0.3 is 20.1 Å². The number of ether oxygens (including phenoxy) is 1. The molecular formula is C19H32IN3O2. The molecule has 6 heteroatoms. The largest absolute Gasteiger partial charge is 0.508 e. The molecule has 0 spiro atoms. The summed E-state index contributed by atoms with van der Waals surface area (Å²) >= 11 is 0. The predicted octanol–water partition coefficient (Wildman–Crippen LogP) is 3.27. The minimum atomic E-state index is 0. The average Bonchev–Trinajstić information content (AvgIpc) is 3.06. The molecule has 0 amide bonds. The number of halogens is 1. The van der Waals surface area contributed by atoms with Crippen molar-refractivity contribution < 1.29 is 9.84 Å². The Morgan fingerprint density at radius 1 is 1.32 bits per heavy atom. The van der Waals surface area contributed by atoms with Crippen LogP contribution in [-0.4, -0.2) is 55.4 Å². The summed E-state index contributed by atoms with van der Waals surface area (Å²) in [5, 5.41) is 12.7. The predicted molar refractivity (Wildman–Crippen MR) is 114 cm³/mol. The third-order valence-electron chi connectivity index (χ3n) is 4.30. The van der Waals surface area contributed by atoms with E-state index in [0.29, 0.717) is 11.7 Å². The van der Waals surface area contributed by atoms with Gasteiger partial charge in [0.25, 0.3) is 0 Å². The zero-order chi connectivity index (χ0) is 17.2. The summed E-state index contributed by atoms with van der Waals surface area (Å²) in [6.45, 7) is 9.60. The number of phenolic OH excluding ortho intramolecular Hbond substituents is 1. The SMILES string of the molecule is CCNC(=NCCCc1ccc(O)cc1)N1CCC(COCC)C1.I. The number of hydrogen-bond acceptors (Lipinski definition) is 3. The number of aromatic hydroxyl groups is 1. The van der Waals surface area contributed by atoms with E-state index in [1.807, 2.05) is 19.1 Å². The van der Waals surface area contributed by atoms with Crippen LogP contribution in [0.3, 0.4) is 0 Å². The maximum absolute atomic E-state index is 9.31. The molecule has 1 fully saturated rings. The van der Waals surface area contributed by atoms with Crippen LogP contribution >= 0.6 is 24.0 Å². The number of nitrogens with zero attached hydrogens (tertiary/aromatic N) is 2. The maximum atomic E-state index is 9.31. The number of rotatable bonds is 8. The van der Waals surface area contributed by atoms with Gasteiger partial charge in [0.15, 0.2) is 5.96 Å². The van der Waals surface area contributed by atoms with E-state index >= 15 is 0 Å².